The van der Waals surface area contributed by atoms with Crippen molar-refractivity contribution in [1.82, 2.24) is 0 Å². The summed E-state index contributed by atoms with van der Waals surface area (Å²) in [5.41, 5.74) is 0.0734. The number of hydrogen-bond acceptors (Lipinski definition) is 5. The van der Waals surface area contributed by atoms with Gasteiger partial charge in [-0.05, 0) is 24.2 Å². The van der Waals surface area contributed by atoms with E-state index in [9.17, 15) is 14.8 Å². The number of aromatic hydroxyl groups is 1. The lowest BCUT2D eigenvalue weighted by Gasteiger charge is -2.05. The molecule has 0 atom stereocenters. The van der Waals surface area contributed by atoms with Crippen molar-refractivity contribution in [1.29, 1.82) is 0 Å². The molecule has 0 aliphatic carbocycles. The van der Waals surface area contributed by atoms with E-state index in [4.69, 9.17) is 4.74 Å². The topological polar surface area (TPSA) is 76.0 Å². The Morgan fingerprint density at radius 1 is 1.50 bits per heavy atom. The van der Waals surface area contributed by atoms with Gasteiger partial charge in [-0.2, -0.15) is 0 Å². The molecule has 0 unspecified atom stereocenters. The van der Waals surface area contributed by atoms with Crippen LogP contribution in [0.4, 0.5) is 5.69 Å². The molecule has 14 heavy (non-hydrogen) atoms. The number of carbonyl (C=O) groups excluding carboxylic acids is 1. The summed E-state index contributed by atoms with van der Waals surface area (Å²) < 4.78 is 4.80. The predicted octanol–water partition coefficient (Wildman–Crippen LogP) is 2.00. The summed E-state index contributed by atoms with van der Waals surface area (Å²) in [5.74, 6) is -0.495. The Morgan fingerprint density at radius 3 is 2.57 bits per heavy atom. The molecule has 0 heterocycles. The van der Waals surface area contributed by atoms with E-state index >= 15 is 0 Å². The smallest absolute Gasteiger partial charge is 0.191 e. The first-order valence-corrected chi connectivity index (χ1v) is 3.85. The van der Waals surface area contributed by atoms with Gasteiger partial charge in [0, 0.05) is 5.56 Å². The highest BCUT2D eigenvalue weighted by Gasteiger charge is 2.13. The monoisotopic (exact) mass is 195 g/mol. The normalized spacial score (nSPS) is 9.57. The average Bonchev–Trinajstić information content (AvgIpc) is 2.16. The average molecular weight is 195 g/mol. The second kappa shape index (κ2) is 3.87. The number of phenols is 1. The fourth-order valence-corrected chi connectivity index (χ4v) is 1.04. The third-order valence-electron chi connectivity index (χ3n) is 1.77. The first-order chi connectivity index (χ1) is 6.60. The number of phenolic OH excluding ortho intramolecular Hbond substituents is 1. The second-order valence-electron chi connectivity index (χ2n) is 2.69. The van der Waals surface area contributed by atoms with Crippen molar-refractivity contribution in [2.24, 2.45) is 5.18 Å². The van der Waals surface area contributed by atoms with Gasteiger partial charge in [-0.25, -0.2) is 0 Å². The summed E-state index contributed by atoms with van der Waals surface area (Å²) in [7, 11) is 1.33. The molecule has 0 spiro atoms. The van der Waals surface area contributed by atoms with Crippen LogP contribution < -0.4 is 4.74 Å². The molecule has 0 bridgehead atoms. The molecule has 0 aromatic heterocycles. The maximum Gasteiger partial charge on any atom is 0.191 e. The zero-order valence-electron chi connectivity index (χ0n) is 7.77. The van der Waals surface area contributed by atoms with Crippen molar-refractivity contribution < 1.29 is 14.6 Å². The first-order valence-electron chi connectivity index (χ1n) is 3.85. The number of ketones is 1. The predicted molar refractivity (Wildman–Crippen MR) is 50.1 cm³/mol. The van der Waals surface area contributed by atoms with Gasteiger partial charge in [0.25, 0.3) is 0 Å². The van der Waals surface area contributed by atoms with Crippen LogP contribution in [-0.4, -0.2) is 18.0 Å². The summed E-state index contributed by atoms with van der Waals surface area (Å²) in [6.45, 7) is 1.35. The van der Waals surface area contributed by atoms with Crippen LogP contribution in [0.5, 0.6) is 11.5 Å². The number of ether oxygens (including phenoxy) is 1. The van der Waals surface area contributed by atoms with Gasteiger partial charge in [-0.1, -0.05) is 0 Å². The Hall–Kier alpha value is -1.91. The molecule has 0 aliphatic heterocycles. The van der Waals surface area contributed by atoms with Crippen molar-refractivity contribution in [2.75, 3.05) is 7.11 Å². The highest BCUT2D eigenvalue weighted by Crippen LogP contribution is 2.37. The molecule has 74 valence electrons. The standard InChI is InChI=1S/C9H9NO4/c1-5(11)6-3-7(12)9(10-13)8(4-6)14-2/h3-4,12H,1-2H3. The van der Waals surface area contributed by atoms with Gasteiger partial charge < -0.3 is 9.84 Å². The molecular formula is C9H9NO4. The molecule has 1 N–H and O–H groups in total. The minimum absolute atomic E-state index is 0.0881. The largest absolute Gasteiger partial charge is 0.505 e. The molecule has 0 amide bonds. The minimum Gasteiger partial charge on any atom is -0.505 e. The van der Waals surface area contributed by atoms with Gasteiger partial charge in [0.15, 0.2) is 17.2 Å². The van der Waals surface area contributed by atoms with Crippen LogP contribution in [0.15, 0.2) is 17.3 Å². The summed E-state index contributed by atoms with van der Waals surface area (Å²) in [6.07, 6.45) is 0. The zero-order valence-corrected chi connectivity index (χ0v) is 7.77. The van der Waals surface area contributed by atoms with Crippen LogP contribution in [0.25, 0.3) is 0 Å². The van der Waals surface area contributed by atoms with Crippen molar-refractivity contribution in [3.63, 3.8) is 0 Å². The molecule has 0 aliphatic rings. The lowest BCUT2D eigenvalue weighted by molar-refractivity contribution is 0.101. The van der Waals surface area contributed by atoms with Gasteiger partial charge in [0.2, 0.25) is 0 Å². The van der Waals surface area contributed by atoms with Crippen LogP contribution in [-0.2, 0) is 0 Å². The third kappa shape index (κ3) is 1.71. The number of methoxy groups -OCH3 is 1. The number of benzene rings is 1. The van der Waals surface area contributed by atoms with Crippen molar-refractivity contribution in [2.45, 2.75) is 6.92 Å². The number of carbonyl (C=O) groups is 1. The van der Waals surface area contributed by atoms with E-state index in [0.29, 0.717) is 0 Å². The number of hydrogen-bond donors (Lipinski definition) is 1. The Morgan fingerprint density at radius 2 is 2.14 bits per heavy atom. The molecule has 0 fully saturated rings. The first kappa shape index (κ1) is 10.2. The van der Waals surface area contributed by atoms with E-state index in [1.807, 2.05) is 0 Å². The Kier molecular flexibility index (Phi) is 2.81. The lowest BCUT2D eigenvalue weighted by atomic mass is 10.1. The fraction of sp³-hybridized carbons (Fsp3) is 0.222. The molecule has 1 rings (SSSR count). The van der Waals surface area contributed by atoms with Crippen LogP contribution in [0.3, 0.4) is 0 Å². The quantitative estimate of drug-likeness (QED) is 0.591. The third-order valence-corrected chi connectivity index (χ3v) is 1.77. The van der Waals surface area contributed by atoms with E-state index < -0.39 is 0 Å². The van der Waals surface area contributed by atoms with Crippen LogP contribution in [0, 0.1) is 4.91 Å². The number of nitrogens with zero attached hydrogens (tertiary/aromatic N) is 1. The highest BCUT2D eigenvalue weighted by molar-refractivity contribution is 5.95. The summed E-state index contributed by atoms with van der Waals surface area (Å²) in [5, 5.41) is 11.9. The molecule has 0 saturated heterocycles. The Balaban J connectivity index is 3.38. The lowest BCUT2D eigenvalue weighted by Crippen LogP contribution is -1.93. The van der Waals surface area contributed by atoms with Gasteiger partial charge in [-0.15, -0.1) is 4.91 Å². The number of rotatable bonds is 3. The molecule has 1 aromatic rings. The second-order valence-corrected chi connectivity index (χ2v) is 2.69. The Bertz CT molecular complexity index is 387. The summed E-state index contributed by atoms with van der Waals surface area (Å²) >= 11 is 0. The van der Waals surface area contributed by atoms with E-state index in [-0.39, 0.29) is 28.5 Å². The molecule has 5 nitrogen and oxygen atoms in total. The van der Waals surface area contributed by atoms with E-state index in [2.05, 4.69) is 5.18 Å². The van der Waals surface area contributed by atoms with Gasteiger partial charge >= 0.3 is 0 Å². The molecule has 5 heteroatoms. The van der Waals surface area contributed by atoms with Crippen molar-refractivity contribution >= 4 is 11.5 Å². The zero-order chi connectivity index (χ0) is 10.7. The van der Waals surface area contributed by atoms with Crippen LogP contribution in [0.1, 0.15) is 17.3 Å². The van der Waals surface area contributed by atoms with Crippen molar-refractivity contribution in [3.8, 4) is 11.5 Å². The summed E-state index contributed by atoms with van der Waals surface area (Å²) in [4.78, 5) is 21.3. The van der Waals surface area contributed by atoms with E-state index in [1.54, 1.807) is 0 Å². The highest BCUT2D eigenvalue weighted by atomic mass is 16.5. The maximum atomic E-state index is 11.0. The maximum absolute atomic E-state index is 11.0. The van der Waals surface area contributed by atoms with Crippen LogP contribution >= 0.6 is 0 Å². The molecule has 0 radical (unpaired) electrons. The van der Waals surface area contributed by atoms with E-state index in [1.165, 1.54) is 26.2 Å². The van der Waals surface area contributed by atoms with Crippen molar-refractivity contribution in [3.05, 3.63) is 22.6 Å². The molecule has 0 saturated carbocycles. The number of Topliss-reactive ketones (excluding diaryl/α,β-unsaturated/α-hetero) is 1. The minimum atomic E-state index is -0.357. The molecular weight excluding hydrogens is 186 g/mol. The van der Waals surface area contributed by atoms with Gasteiger partial charge in [0.1, 0.15) is 5.75 Å². The van der Waals surface area contributed by atoms with Gasteiger partial charge in [-0.3, -0.25) is 4.79 Å². The SMILES string of the molecule is COc1cc(C(C)=O)cc(O)c1N=O. The number of nitroso groups, excluding NO2 is 1. The summed E-state index contributed by atoms with van der Waals surface area (Å²) in [6, 6.07) is 2.54. The van der Waals surface area contributed by atoms with Crippen LogP contribution in [0.2, 0.25) is 0 Å². The molecule has 1 aromatic carbocycles. The van der Waals surface area contributed by atoms with Gasteiger partial charge in [0.05, 0.1) is 7.11 Å². The Labute approximate surface area is 80.3 Å². The van der Waals surface area contributed by atoms with E-state index in [0.717, 1.165) is 0 Å². The fourth-order valence-electron chi connectivity index (χ4n) is 1.04.